The Hall–Kier alpha value is -3.85. The SMILES string of the molecule is Cc1cc(/C=C(/C#N)C(=O)NC(N)=O)c(C)n1-c1ccc2ccccc2c1. The number of primary amides is 1. The van der Waals surface area contributed by atoms with Gasteiger partial charge in [0.25, 0.3) is 5.91 Å². The minimum Gasteiger partial charge on any atom is -0.351 e. The molecule has 0 fully saturated rings. The summed E-state index contributed by atoms with van der Waals surface area (Å²) >= 11 is 0. The number of fused-ring (bicyclic) bond motifs is 1. The molecule has 0 aliphatic heterocycles. The van der Waals surface area contributed by atoms with Crippen LogP contribution < -0.4 is 11.1 Å². The van der Waals surface area contributed by atoms with Crippen molar-refractivity contribution in [3.8, 4) is 11.8 Å². The molecule has 0 aliphatic carbocycles. The van der Waals surface area contributed by atoms with Gasteiger partial charge in [-0.15, -0.1) is 0 Å². The fourth-order valence-corrected chi connectivity index (χ4v) is 3.13. The van der Waals surface area contributed by atoms with E-state index < -0.39 is 11.9 Å². The molecule has 3 N–H and O–H groups in total. The summed E-state index contributed by atoms with van der Waals surface area (Å²) in [5.74, 6) is -0.819. The van der Waals surface area contributed by atoms with Crippen molar-refractivity contribution in [1.29, 1.82) is 5.26 Å². The van der Waals surface area contributed by atoms with Crippen molar-refractivity contribution < 1.29 is 9.59 Å². The maximum atomic E-state index is 11.9. The normalized spacial score (nSPS) is 11.2. The number of imide groups is 1. The molecule has 0 aliphatic rings. The Labute approximate surface area is 156 Å². The van der Waals surface area contributed by atoms with E-state index in [4.69, 9.17) is 5.73 Å². The lowest BCUT2D eigenvalue weighted by molar-refractivity contribution is -0.115. The average Bonchev–Trinajstić information content (AvgIpc) is 2.92. The summed E-state index contributed by atoms with van der Waals surface area (Å²) in [5.41, 5.74) is 8.31. The summed E-state index contributed by atoms with van der Waals surface area (Å²) in [4.78, 5) is 22.7. The van der Waals surface area contributed by atoms with Crippen molar-refractivity contribution in [2.75, 3.05) is 0 Å². The largest absolute Gasteiger partial charge is 0.351 e. The number of carbonyl (C=O) groups excluding carboxylic acids is 2. The monoisotopic (exact) mass is 358 g/mol. The lowest BCUT2D eigenvalue weighted by atomic mass is 10.1. The van der Waals surface area contributed by atoms with Crippen molar-refractivity contribution in [3.05, 3.63) is 71.1 Å². The van der Waals surface area contributed by atoms with E-state index in [-0.39, 0.29) is 5.57 Å². The molecule has 3 amide bonds. The van der Waals surface area contributed by atoms with Gasteiger partial charge in [-0.1, -0.05) is 30.3 Å². The maximum absolute atomic E-state index is 11.9. The highest BCUT2D eigenvalue weighted by Gasteiger charge is 2.15. The summed E-state index contributed by atoms with van der Waals surface area (Å²) in [6, 6.07) is 17.0. The number of nitrogens with two attached hydrogens (primary N) is 1. The number of amides is 3. The Morgan fingerprint density at radius 3 is 2.48 bits per heavy atom. The number of aryl methyl sites for hydroxylation is 1. The summed E-state index contributed by atoms with van der Waals surface area (Å²) in [5, 5.41) is 13.4. The number of nitrogens with one attached hydrogen (secondary N) is 1. The molecule has 27 heavy (non-hydrogen) atoms. The molecule has 0 radical (unpaired) electrons. The molecule has 2 aromatic carbocycles. The molecule has 3 aromatic rings. The highest BCUT2D eigenvalue weighted by Crippen LogP contribution is 2.25. The van der Waals surface area contributed by atoms with E-state index in [1.807, 2.05) is 49.5 Å². The molecule has 6 nitrogen and oxygen atoms in total. The zero-order chi connectivity index (χ0) is 19.6. The molecule has 0 atom stereocenters. The first-order chi connectivity index (χ1) is 12.9. The third-order valence-electron chi connectivity index (χ3n) is 4.36. The van der Waals surface area contributed by atoms with Crippen LogP contribution in [0.15, 0.2) is 54.1 Å². The van der Waals surface area contributed by atoms with Crippen molar-refractivity contribution in [1.82, 2.24) is 9.88 Å². The van der Waals surface area contributed by atoms with E-state index in [1.54, 1.807) is 0 Å². The van der Waals surface area contributed by atoms with Gasteiger partial charge in [-0.05, 0) is 54.5 Å². The van der Waals surface area contributed by atoms with E-state index in [1.165, 1.54) is 6.08 Å². The molecule has 0 unspecified atom stereocenters. The molecule has 6 heteroatoms. The van der Waals surface area contributed by atoms with Crippen molar-refractivity contribution >= 4 is 28.8 Å². The highest BCUT2D eigenvalue weighted by atomic mass is 16.2. The van der Waals surface area contributed by atoms with Gasteiger partial charge < -0.3 is 10.3 Å². The Kier molecular flexibility index (Phi) is 4.77. The van der Waals surface area contributed by atoms with Crippen LogP contribution in [0.1, 0.15) is 17.0 Å². The smallest absolute Gasteiger partial charge is 0.319 e. The molecule has 3 rings (SSSR count). The lowest BCUT2D eigenvalue weighted by Gasteiger charge is -2.11. The third kappa shape index (κ3) is 3.58. The number of hydrogen-bond acceptors (Lipinski definition) is 3. The fraction of sp³-hybridized carbons (Fsp3) is 0.0952. The van der Waals surface area contributed by atoms with Crippen LogP contribution in [0.2, 0.25) is 0 Å². The Morgan fingerprint density at radius 1 is 1.11 bits per heavy atom. The van der Waals surface area contributed by atoms with E-state index in [0.29, 0.717) is 0 Å². The quantitative estimate of drug-likeness (QED) is 0.554. The van der Waals surface area contributed by atoms with Gasteiger partial charge in [-0.25, -0.2) is 4.79 Å². The second kappa shape index (κ2) is 7.18. The van der Waals surface area contributed by atoms with Crippen LogP contribution in [0, 0.1) is 25.2 Å². The first-order valence-corrected chi connectivity index (χ1v) is 8.31. The topological polar surface area (TPSA) is 101 Å². The molecule has 1 aromatic heterocycles. The van der Waals surface area contributed by atoms with E-state index in [2.05, 4.69) is 28.8 Å². The highest BCUT2D eigenvalue weighted by molar-refractivity contribution is 6.08. The molecule has 134 valence electrons. The van der Waals surface area contributed by atoms with Crippen LogP contribution in [0.4, 0.5) is 4.79 Å². The number of urea groups is 1. The first kappa shape index (κ1) is 18.0. The number of hydrogen-bond donors (Lipinski definition) is 2. The van der Waals surface area contributed by atoms with Gasteiger partial charge in [-0.2, -0.15) is 5.26 Å². The molecular weight excluding hydrogens is 340 g/mol. The summed E-state index contributed by atoms with van der Waals surface area (Å²) in [6.07, 6.45) is 1.46. The predicted octanol–water partition coefficient (Wildman–Crippen LogP) is 3.35. The van der Waals surface area contributed by atoms with Crippen LogP contribution >= 0.6 is 0 Å². The molecule has 0 saturated heterocycles. The standard InChI is InChI=1S/C21H18N4O2/c1-13-9-17(10-18(12-22)20(26)24-21(23)27)14(2)25(13)19-8-7-15-5-3-4-6-16(15)11-19/h3-11H,1-2H3,(H3,23,24,26,27)/b18-10-. The predicted molar refractivity (Wildman–Crippen MR) is 104 cm³/mol. The summed E-state index contributed by atoms with van der Waals surface area (Å²) in [7, 11) is 0. The maximum Gasteiger partial charge on any atom is 0.319 e. The summed E-state index contributed by atoms with van der Waals surface area (Å²) in [6.45, 7) is 3.87. The number of rotatable bonds is 3. The van der Waals surface area contributed by atoms with Crippen LogP contribution in [0.25, 0.3) is 22.5 Å². The van der Waals surface area contributed by atoms with E-state index in [0.717, 1.165) is 33.4 Å². The average molecular weight is 358 g/mol. The van der Waals surface area contributed by atoms with Crippen LogP contribution in [0.3, 0.4) is 0 Å². The van der Waals surface area contributed by atoms with Crippen LogP contribution in [-0.4, -0.2) is 16.5 Å². The molecular formula is C21H18N4O2. The number of benzene rings is 2. The van der Waals surface area contributed by atoms with E-state index in [9.17, 15) is 14.9 Å². The van der Waals surface area contributed by atoms with Crippen molar-refractivity contribution in [2.45, 2.75) is 13.8 Å². The van der Waals surface area contributed by atoms with Gasteiger partial charge >= 0.3 is 6.03 Å². The molecule has 0 spiro atoms. The van der Waals surface area contributed by atoms with Gasteiger partial charge in [0.2, 0.25) is 0 Å². The van der Waals surface area contributed by atoms with Gasteiger partial charge in [-0.3, -0.25) is 10.1 Å². The first-order valence-electron chi connectivity index (χ1n) is 8.31. The summed E-state index contributed by atoms with van der Waals surface area (Å²) < 4.78 is 2.05. The lowest BCUT2D eigenvalue weighted by Crippen LogP contribution is -2.35. The fourth-order valence-electron chi connectivity index (χ4n) is 3.13. The van der Waals surface area contributed by atoms with Gasteiger partial charge in [0.1, 0.15) is 11.6 Å². The minimum atomic E-state index is -0.997. The number of carbonyl (C=O) groups is 2. The van der Waals surface area contributed by atoms with Gasteiger partial charge in [0.05, 0.1) is 0 Å². The van der Waals surface area contributed by atoms with Crippen molar-refractivity contribution in [2.24, 2.45) is 5.73 Å². The van der Waals surface area contributed by atoms with Gasteiger partial charge in [0.15, 0.2) is 0 Å². The van der Waals surface area contributed by atoms with Gasteiger partial charge in [0, 0.05) is 17.1 Å². The zero-order valence-electron chi connectivity index (χ0n) is 15.0. The Balaban J connectivity index is 2.06. The van der Waals surface area contributed by atoms with Crippen LogP contribution in [-0.2, 0) is 4.79 Å². The number of nitriles is 1. The van der Waals surface area contributed by atoms with E-state index >= 15 is 0 Å². The Morgan fingerprint density at radius 2 is 1.81 bits per heavy atom. The number of aromatic nitrogens is 1. The molecule has 0 saturated carbocycles. The zero-order valence-corrected chi connectivity index (χ0v) is 15.0. The molecule has 1 heterocycles. The molecule has 0 bridgehead atoms. The second-order valence-electron chi connectivity index (χ2n) is 6.18. The van der Waals surface area contributed by atoms with Crippen LogP contribution in [0.5, 0.6) is 0 Å². The Bertz CT molecular complexity index is 1130. The minimum absolute atomic E-state index is 0.187. The second-order valence-corrected chi connectivity index (χ2v) is 6.18. The number of nitrogens with zero attached hydrogens (tertiary/aromatic N) is 2. The van der Waals surface area contributed by atoms with Crippen molar-refractivity contribution in [3.63, 3.8) is 0 Å². The third-order valence-corrected chi connectivity index (χ3v) is 4.36.